The second kappa shape index (κ2) is 8.73. The number of amides is 2. The van der Waals surface area contributed by atoms with Crippen molar-refractivity contribution in [2.45, 2.75) is 9.79 Å². The molecule has 1 aliphatic heterocycles. The van der Waals surface area contributed by atoms with Gasteiger partial charge in [-0.15, -0.1) is 11.3 Å². The maximum absolute atomic E-state index is 12.8. The Kier molecular flexibility index (Phi) is 6.05. The second-order valence-corrected chi connectivity index (χ2v) is 9.79. The average Bonchev–Trinajstić information content (AvgIpc) is 3.23. The van der Waals surface area contributed by atoms with Crippen LogP contribution in [-0.2, 0) is 14.6 Å². The van der Waals surface area contributed by atoms with Gasteiger partial charge in [0.25, 0.3) is 0 Å². The van der Waals surface area contributed by atoms with E-state index in [0.29, 0.717) is 42.2 Å². The van der Waals surface area contributed by atoms with E-state index in [4.69, 9.17) is 16.3 Å². The number of halogens is 1. The van der Waals surface area contributed by atoms with Gasteiger partial charge in [-0.2, -0.15) is 0 Å². The lowest BCUT2D eigenvalue weighted by molar-refractivity contribution is 0.0564. The summed E-state index contributed by atoms with van der Waals surface area (Å²) in [6.07, 6.45) is 0. The summed E-state index contributed by atoms with van der Waals surface area (Å²) in [7, 11) is -3.63. The summed E-state index contributed by atoms with van der Waals surface area (Å²) in [6, 6.07) is 12.3. The fourth-order valence-electron chi connectivity index (χ4n) is 2.96. The number of thiazole rings is 1. The highest BCUT2D eigenvalue weighted by Gasteiger charge is 2.19. The molecule has 1 N–H and O–H groups in total. The zero-order chi connectivity index (χ0) is 21.1. The third-order valence-electron chi connectivity index (χ3n) is 4.60. The van der Waals surface area contributed by atoms with E-state index >= 15 is 0 Å². The average molecular weight is 464 g/mol. The van der Waals surface area contributed by atoms with Gasteiger partial charge < -0.3 is 9.64 Å². The zero-order valence-electron chi connectivity index (χ0n) is 15.7. The van der Waals surface area contributed by atoms with E-state index in [2.05, 4.69) is 10.3 Å². The van der Waals surface area contributed by atoms with E-state index in [9.17, 15) is 13.2 Å². The molecule has 0 bridgehead atoms. The van der Waals surface area contributed by atoms with E-state index in [1.165, 1.54) is 23.5 Å². The van der Waals surface area contributed by atoms with Gasteiger partial charge in [0, 0.05) is 29.1 Å². The molecule has 2 heterocycles. The number of morpholine rings is 1. The van der Waals surface area contributed by atoms with Gasteiger partial charge in [0.15, 0.2) is 5.13 Å². The number of carbonyl (C=O) groups excluding carboxylic acids is 1. The normalized spacial score (nSPS) is 14.5. The number of urea groups is 1. The lowest BCUT2D eigenvalue weighted by atomic mass is 10.2. The van der Waals surface area contributed by atoms with Gasteiger partial charge in [-0.1, -0.05) is 23.7 Å². The minimum atomic E-state index is -3.63. The van der Waals surface area contributed by atoms with E-state index < -0.39 is 9.84 Å². The molecule has 10 heteroatoms. The third kappa shape index (κ3) is 4.49. The van der Waals surface area contributed by atoms with Crippen LogP contribution in [0.3, 0.4) is 0 Å². The summed E-state index contributed by atoms with van der Waals surface area (Å²) in [5, 5.41) is 5.57. The molecule has 1 aromatic heterocycles. The van der Waals surface area contributed by atoms with Gasteiger partial charge in [0.05, 0.1) is 28.7 Å². The van der Waals surface area contributed by atoms with Crippen LogP contribution >= 0.6 is 22.9 Å². The van der Waals surface area contributed by atoms with Crippen molar-refractivity contribution in [2.24, 2.45) is 0 Å². The molecular formula is C20H18ClN3O4S2. The smallest absolute Gasteiger partial charge is 0.323 e. The van der Waals surface area contributed by atoms with Gasteiger partial charge in [-0.05, 0) is 36.4 Å². The zero-order valence-corrected chi connectivity index (χ0v) is 18.1. The first-order chi connectivity index (χ1) is 14.4. The Bertz CT molecular complexity index is 1140. The van der Waals surface area contributed by atoms with Crippen LogP contribution in [0.15, 0.2) is 63.7 Å². The van der Waals surface area contributed by atoms with Crippen LogP contribution in [0.2, 0.25) is 5.02 Å². The number of benzene rings is 2. The molecule has 4 rings (SSSR count). The van der Waals surface area contributed by atoms with Crippen LogP contribution in [0, 0.1) is 0 Å². The van der Waals surface area contributed by atoms with E-state index in [-0.39, 0.29) is 15.8 Å². The van der Waals surface area contributed by atoms with Gasteiger partial charge in [-0.3, -0.25) is 5.32 Å². The molecule has 30 heavy (non-hydrogen) atoms. The number of rotatable bonds is 4. The van der Waals surface area contributed by atoms with Crippen LogP contribution < -0.4 is 5.32 Å². The van der Waals surface area contributed by atoms with Crippen molar-refractivity contribution in [2.75, 3.05) is 31.6 Å². The molecule has 156 valence electrons. The number of nitrogens with one attached hydrogen (secondary N) is 1. The SMILES string of the molecule is O=C(Nc1nc(-c2ccc(S(=O)(=O)c3ccc(Cl)cc3)cc2)cs1)N1CCOCC1. The van der Waals surface area contributed by atoms with Crippen molar-refractivity contribution >= 4 is 43.9 Å². The summed E-state index contributed by atoms with van der Waals surface area (Å²) >= 11 is 7.15. The Hall–Kier alpha value is -2.46. The number of carbonyl (C=O) groups is 1. The highest BCUT2D eigenvalue weighted by atomic mass is 35.5. The molecular weight excluding hydrogens is 446 g/mol. The lowest BCUT2D eigenvalue weighted by Gasteiger charge is -2.26. The predicted octanol–water partition coefficient (Wildman–Crippen LogP) is 4.16. The second-order valence-electron chi connectivity index (χ2n) is 6.55. The molecule has 0 saturated carbocycles. The largest absolute Gasteiger partial charge is 0.378 e. The maximum atomic E-state index is 12.8. The molecule has 0 aliphatic carbocycles. The van der Waals surface area contributed by atoms with Crippen molar-refractivity contribution in [1.29, 1.82) is 0 Å². The monoisotopic (exact) mass is 463 g/mol. The molecule has 0 atom stereocenters. The Labute approximate surface area is 183 Å². The van der Waals surface area contributed by atoms with Gasteiger partial charge in [-0.25, -0.2) is 18.2 Å². The first-order valence-electron chi connectivity index (χ1n) is 9.14. The quantitative estimate of drug-likeness (QED) is 0.627. The highest BCUT2D eigenvalue weighted by molar-refractivity contribution is 7.91. The number of anilines is 1. The minimum Gasteiger partial charge on any atom is -0.378 e. The molecule has 0 unspecified atom stereocenters. The lowest BCUT2D eigenvalue weighted by Crippen LogP contribution is -2.43. The number of nitrogens with zero attached hydrogens (tertiary/aromatic N) is 2. The summed E-state index contributed by atoms with van der Waals surface area (Å²) in [4.78, 5) is 18.8. The van der Waals surface area contributed by atoms with Crippen molar-refractivity contribution in [3.05, 3.63) is 58.9 Å². The maximum Gasteiger partial charge on any atom is 0.323 e. The molecule has 1 saturated heterocycles. The first kappa shape index (κ1) is 20.8. The Balaban J connectivity index is 1.48. The molecule has 0 spiro atoms. The van der Waals surface area contributed by atoms with Crippen LogP contribution in [0.25, 0.3) is 11.3 Å². The number of ether oxygens (including phenoxy) is 1. The van der Waals surface area contributed by atoms with Crippen LogP contribution in [-0.4, -0.2) is 50.6 Å². The van der Waals surface area contributed by atoms with Crippen molar-refractivity contribution in [3.8, 4) is 11.3 Å². The highest BCUT2D eigenvalue weighted by Crippen LogP contribution is 2.28. The standard InChI is InChI=1S/C20H18ClN3O4S2/c21-15-3-7-17(8-4-15)30(26,27)16-5-1-14(2-6-16)18-13-29-19(22-18)23-20(25)24-9-11-28-12-10-24/h1-8,13H,9-12H2,(H,22,23,25). The number of aromatic nitrogens is 1. The molecule has 1 aliphatic rings. The summed E-state index contributed by atoms with van der Waals surface area (Å²) in [5.41, 5.74) is 1.42. The van der Waals surface area contributed by atoms with Gasteiger partial charge in [0.2, 0.25) is 9.84 Å². The van der Waals surface area contributed by atoms with Crippen LogP contribution in [0.5, 0.6) is 0 Å². The predicted molar refractivity (Wildman–Crippen MR) is 116 cm³/mol. The van der Waals surface area contributed by atoms with Crippen LogP contribution in [0.4, 0.5) is 9.93 Å². The molecule has 0 radical (unpaired) electrons. The van der Waals surface area contributed by atoms with E-state index in [0.717, 1.165) is 5.56 Å². The number of sulfone groups is 1. The summed E-state index contributed by atoms with van der Waals surface area (Å²) in [5.74, 6) is 0. The summed E-state index contributed by atoms with van der Waals surface area (Å²) < 4.78 is 30.7. The van der Waals surface area contributed by atoms with Gasteiger partial charge >= 0.3 is 6.03 Å². The van der Waals surface area contributed by atoms with E-state index in [1.54, 1.807) is 41.3 Å². The van der Waals surface area contributed by atoms with E-state index in [1.807, 2.05) is 5.38 Å². The molecule has 7 nitrogen and oxygen atoms in total. The molecule has 1 fully saturated rings. The minimum absolute atomic E-state index is 0.182. The topological polar surface area (TPSA) is 88.6 Å². The van der Waals surface area contributed by atoms with Crippen LogP contribution in [0.1, 0.15) is 0 Å². The third-order valence-corrected chi connectivity index (χ3v) is 7.40. The Morgan fingerprint density at radius 2 is 1.63 bits per heavy atom. The Morgan fingerprint density at radius 1 is 1.03 bits per heavy atom. The fraction of sp³-hybridized carbons (Fsp3) is 0.200. The fourth-order valence-corrected chi connectivity index (χ4v) is 5.05. The van der Waals surface area contributed by atoms with Crippen molar-refractivity contribution < 1.29 is 17.9 Å². The van der Waals surface area contributed by atoms with Crippen molar-refractivity contribution in [3.63, 3.8) is 0 Å². The van der Waals surface area contributed by atoms with Gasteiger partial charge in [0.1, 0.15) is 0 Å². The summed E-state index contributed by atoms with van der Waals surface area (Å²) in [6.45, 7) is 2.16. The number of hydrogen-bond donors (Lipinski definition) is 1. The Morgan fingerprint density at radius 3 is 2.27 bits per heavy atom. The molecule has 2 amide bonds. The first-order valence-corrected chi connectivity index (χ1v) is 11.9. The number of hydrogen-bond acceptors (Lipinski definition) is 6. The molecule has 2 aromatic carbocycles. The van der Waals surface area contributed by atoms with Crippen molar-refractivity contribution in [1.82, 2.24) is 9.88 Å². The molecule has 3 aromatic rings.